The third kappa shape index (κ3) is 2.59. The van der Waals surface area contributed by atoms with E-state index < -0.39 is 0 Å². The fourth-order valence-corrected chi connectivity index (χ4v) is 2.94. The number of anilines is 1. The molecule has 0 saturated carbocycles. The lowest BCUT2D eigenvalue weighted by atomic mass is 10.2. The SMILES string of the molecule is CC(C)c1nnc(NC(=O)c2cc3ccc(F)cc3n2C)s1. The van der Waals surface area contributed by atoms with E-state index >= 15 is 0 Å². The molecule has 1 N–H and O–H groups in total. The van der Waals surface area contributed by atoms with Gasteiger partial charge in [0.25, 0.3) is 5.91 Å². The average Bonchev–Trinajstić information content (AvgIpc) is 3.05. The van der Waals surface area contributed by atoms with Gasteiger partial charge in [-0.15, -0.1) is 10.2 Å². The molecule has 2 aromatic heterocycles. The number of benzene rings is 1. The molecule has 22 heavy (non-hydrogen) atoms. The van der Waals surface area contributed by atoms with Crippen LogP contribution in [0.3, 0.4) is 0 Å². The van der Waals surface area contributed by atoms with Gasteiger partial charge in [0, 0.05) is 18.4 Å². The normalized spacial score (nSPS) is 11.3. The summed E-state index contributed by atoms with van der Waals surface area (Å²) in [7, 11) is 1.73. The van der Waals surface area contributed by atoms with Crippen molar-refractivity contribution in [2.75, 3.05) is 5.32 Å². The molecule has 0 aliphatic carbocycles. The Balaban J connectivity index is 1.90. The summed E-state index contributed by atoms with van der Waals surface area (Å²) in [6.45, 7) is 4.04. The number of nitrogens with zero attached hydrogens (tertiary/aromatic N) is 3. The Kier molecular flexibility index (Phi) is 3.66. The van der Waals surface area contributed by atoms with Crippen LogP contribution >= 0.6 is 11.3 Å². The summed E-state index contributed by atoms with van der Waals surface area (Å²) >= 11 is 1.36. The van der Waals surface area contributed by atoms with Gasteiger partial charge in [0.1, 0.15) is 16.5 Å². The number of halogens is 1. The molecule has 3 rings (SSSR count). The smallest absolute Gasteiger partial charge is 0.274 e. The number of rotatable bonds is 3. The predicted octanol–water partition coefficient (Wildman–Crippen LogP) is 3.54. The van der Waals surface area contributed by atoms with Crippen LogP contribution in [0.1, 0.15) is 35.3 Å². The first-order chi connectivity index (χ1) is 10.5. The standard InChI is InChI=1S/C15H15FN4OS/c1-8(2)14-18-19-15(22-14)17-13(21)12-6-9-4-5-10(16)7-11(9)20(12)3/h4-8H,1-3H3,(H,17,19,21). The zero-order valence-electron chi connectivity index (χ0n) is 12.4. The second-order valence-corrected chi connectivity index (χ2v) is 6.36. The number of amides is 1. The van der Waals surface area contributed by atoms with Crippen LogP contribution in [0.15, 0.2) is 24.3 Å². The van der Waals surface area contributed by atoms with Crippen molar-refractivity contribution >= 4 is 33.3 Å². The highest BCUT2D eigenvalue weighted by atomic mass is 32.1. The summed E-state index contributed by atoms with van der Waals surface area (Å²) in [6.07, 6.45) is 0. The largest absolute Gasteiger partial charge is 0.340 e. The summed E-state index contributed by atoms with van der Waals surface area (Å²) in [4.78, 5) is 12.4. The monoisotopic (exact) mass is 318 g/mol. The molecule has 0 bridgehead atoms. The number of hydrogen-bond acceptors (Lipinski definition) is 4. The van der Waals surface area contributed by atoms with Crippen molar-refractivity contribution in [3.8, 4) is 0 Å². The summed E-state index contributed by atoms with van der Waals surface area (Å²) in [5, 5.41) is 12.9. The summed E-state index contributed by atoms with van der Waals surface area (Å²) in [5.74, 6) is -0.347. The van der Waals surface area contributed by atoms with Gasteiger partial charge in [0.15, 0.2) is 0 Å². The fraction of sp³-hybridized carbons (Fsp3) is 0.267. The van der Waals surface area contributed by atoms with Gasteiger partial charge in [-0.1, -0.05) is 25.2 Å². The number of fused-ring (bicyclic) bond motifs is 1. The van der Waals surface area contributed by atoms with Crippen molar-refractivity contribution < 1.29 is 9.18 Å². The lowest BCUT2D eigenvalue weighted by Gasteiger charge is -2.03. The minimum Gasteiger partial charge on any atom is -0.340 e. The van der Waals surface area contributed by atoms with Crippen LogP contribution in [0.4, 0.5) is 9.52 Å². The number of nitrogens with one attached hydrogen (secondary N) is 1. The van der Waals surface area contributed by atoms with Crippen LogP contribution in [0.25, 0.3) is 10.9 Å². The van der Waals surface area contributed by atoms with Crippen LogP contribution in [-0.4, -0.2) is 20.7 Å². The molecule has 3 aromatic rings. The van der Waals surface area contributed by atoms with Gasteiger partial charge in [-0.25, -0.2) is 4.39 Å². The molecule has 5 nitrogen and oxygen atoms in total. The molecule has 0 aliphatic heterocycles. The van der Waals surface area contributed by atoms with Crippen molar-refractivity contribution in [3.05, 3.63) is 40.8 Å². The molecule has 0 atom stereocenters. The molecule has 1 amide bonds. The Hall–Kier alpha value is -2.28. The van der Waals surface area contributed by atoms with Gasteiger partial charge in [-0.3, -0.25) is 10.1 Å². The highest BCUT2D eigenvalue weighted by molar-refractivity contribution is 7.15. The van der Waals surface area contributed by atoms with Crippen LogP contribution in [0.5, 0.6) is 0 Å². The minimum atomic E-state index is -0.327. The molecule has 1 aromatic carbocycles. The molecular formula is C15H15FN4OS. The number of carbonyl (C=O) groups excluding carboxylic acids is 1. The highest BCUT2D eigenvalue weighted by Gasteiger charge is 2.16. The Morgan fingerprint density at radius 1 is 1.32 bits per heavy atom. The van der Waals surface area contributed by atoms with Crippen LogP contribution < -0.4 is 5.32 Å². The summed E-state index contributed by atoms with van der Waals surface area (Å²) in [6, 6.07) is 6.18. The summed E-state index contributed by atoms with van der Waals surface area (Å²) in [5.41, 5.74) is 1.12. The molecular weight excluding hydrogens is 303 g/mol. The van der Waals surface area contributed by atoms with Gasteiger partial charge in [0.05, 0.1) is 5.52 Å². The maximum absolute atomic E-state index is 13.3. The second-order valence-electron chi connectivity index (χ2n) is 5.35. The van der Waals surface area contributed by atoms with E-state index in [1.165, 1.54) is 23.5 Å². The first kappa shape index (κ1) is 14.6. The van der Waals surface area contributed by atoms with E-state index in [0.717, 1.165) is 10.4 Å². The number of carbonyl (C=O) groups is 1. The Labute approximate surface area is 130 Å². The molecule has 0 fully saturated rings. The molecule has 7 heteroatoms. The van der Waals surface area contributed by atoms with Gasteiger partial charge < -0.3 is 4.57 Å². The van der Waals surface area contributed by atoms with Crippen molar-refractivity contribution in [1.29, 1.82) is 0 Å². The van der Waals surface area contributed by atoms with Gasteiger partial charge in [-0.05, 0) is 24.3 Å². The van der Waals surface area contributed by atoms with E-state index in [2.05, 4.69) is 15.5 Å². The van der Waals surface area contributed by atoms with E-state index in [-0.39, 0.29) is 17.6 Å². The van der Waals surface area contributed by atoms with Gasteiger partial charge >= 0.3 is 0 Å². The van der Waals surface area contributed by atoms with E-state index in [0.29, 0.717) is 16.3 Å². The van der Waals surface area contributed by atoms with E-state index in [1.807, 2.05) is 13.8 Å². The van der Waals surface area contributed by atoms with Crippen LogP contribution in [0, 0.1) is 5.82 Å². The lowest BCUT2D eigenvalue weighted by molar-refractivity contribution is 0.101. The third-order valence-corrected chi connectivity index (χ3v) is 4.53. The lowest BCUT2D eigenvalue weighted by Crippen LogP contribution is -2.15. The molecule has 2 heterocycles. The van der Waals surface area contributed by atoms with Crippen molar-refractivity contribution in [2.45, 2.75) is 19.8 Å². The van der Waals surface area contributed by atoms with Gasteiger partial charge in [-0.2, -0.15) is 0 Å². The van der Waals surface area contributed by atoms with E-state index in [9.17, 15) is 9.18 Å². The number of aromatic nitrogens is 3. The van der Waals surface area contributed by atoms with Crippen molar-refractivity contribution in [2.24, 2.45) is 7.05 Å². The first-order valence-corrected chi connectivity index (χ1v) is 7.67. The zero-order valence-corrected chi connectivity index (χ0v) is 13.2. The third-order valence-electron chi connectivity index (χ3n) is 3.40. The maximum Gasteiger partial charge on any atom is 0.274 e. The quantitative estimate of drug-likeness (QED) is 0.803. The average molecular weight is 318 g/mol. The fourth-order valence-electron chi connectivity index (χ4n) is 2.20. The minimum absolute atomic E-state index is 0.267. The van der Waals surface area contributed by atoms with Crippen LogP contribution in [0.2, 0.25) is 0 Å². The molecule has 0 saturated heterocycles. The van der Waals surface area contributed by atoms with Crippen LogP contribution in [-0.2, 0) is 7.05 Å². The molecule has 114 valence electrons. The van der Waals surface area contributed by atoms with Gasteiger partial charge in [0.2, 0.25) is 5.13 Å². The van der Waals surface area contributed by atoms with Crippen molar-refractivity contribution in [1.82, 2.24) is 14.8 Å². The zero-order chi connectivity index (χ0) is 15.9. The summed E-state index contributed by atoms with van der Waals surface area (Å²) < 4.78 is 15.0. The Bertz CT molecular complexity index is 852. The number of hydrogen-bond donors (Lipinski definition) is 1. The highest BCUT2D eigenvalue weighted by Crippen LogP contribution is 2.24. The van der Waals surface area contributed by atoms with E-state index in [4.69, 9.17) is 0 Å². The molecule has 0 spiro atoms. The molecule has 0 aliphatic rings. The van der Waals surface area contributed by atoms with E-state index in [1.54, 1.807) is 23.7 Å². The topological polar surface area (TPSA) is 59.8 Å². The molecule has 0 radical (unpaired) electrons. The predicted molar refractivity (Wildman–Crippen MR) is 84.8 cm³/mol. The first-order valence-electron chi connectivity index (χ1n) is 6.85. The Morgan fingerprint density at radius 3 is 2.77 bits per heavy atom. The second kappa shape index (κ2) is 5.49. The maximum atomic E-state index is 13.3. The number of aryl methyl sites for hydroxylation is 1. The molecule has 0 unspecified atom stereocenters. The van der Waals surface area contributed by atoms with Crippen molar-refractivity contribution in [3.63, 3.8) is 0 Å². The Morgan fingerprint density at radius 2 is 2.09 bits per heavy atom.